The summed E-state index contributed by atoms with van der Waals surface area (Å²) >= 11 is 6.28. The van der Waals surface area contributed by atoms with Gasteiger partial charge in [0.25, 0.3) is 21.8 Å². The zero-order valence-electron chi connectivity index (χ0n) is 22.3. The molecule has 2 amide bonds. The Balaban J connectivity index is 1.44. The highest BCUT2D eigenvalue weighted by molar-refractivity contribution is 7.92. The van der Waals surface area contributed by atoms with Crippen LogP contribution < -0.4 is 24.8 Å². The normalized spacial score (nSPS) is 10.9. The molecule has 4 rings (SSSR count). The Morgan fingerprint density at radius 1 is 0.780 bits per heavy atom. The standard InChI is InChI=1S/C30H28ClN3O6S/c1-39-27-15-12-20(18-28(27)40-2)16-17-32-29(35)23-10-6-7-11-26(23)33-30(36)24-19-21(13-14-25(24)31)34-41(37,38)22-8-4-3-5-9-22/h3-15,18-19,34H,16-17H2,1-2H3,(H,32,35)(H,33,36). The quantitative estimate of drug-likeness (QED) is 0.214. The highest BCUT2D eigenvalue weighted by Crippen LogP contribution is 2.28. The van der Waals surface area contributed by atoms with Crippen LogP contribution in [0.25, 0.3) is 0 Å². The van der Waals surface area contributed by atoms with Gasteiger partial charge in [-0.3, -0.25) is 14.3 Å². The van der Waals surface area contributed by atoms with E-state index in [9.17, 15) is 18.0 Å². The third-order valence-electron chi connectivity index (χ3n) is 6.08. The fourth-order valence-corrected chi connectivity index (χ4v) is 5.28. The molecule has 0 unspecified atom stereocenters. The summed E-state index contributed by atoms with van der Waals surface area (Å²) in [7, 11) is -0.755. The van der Waals surface area contributed by atoms with Gasteiger partial charge in [-0.05, 0) is 66.6 Å². The number of halogens is 1. The second-order valence-electron chi connectivity index (χ2n) is 8.81. The first-order valence-corrected chi connectivity index (χ1v) is 14.3. The number of nitrogens with one attached hydrogen (secondary N) is 3. The van der Waals surface area contributed by atoms with Crippen LogP contribution in [0.3, 0.4) is 0 Å². The molecular weight excluding hydrogens is 566 g/mol. The molecule has 0 spiro atoms. The molecular formula is C30H28ClN3O6S. The molecule has 0 atom stereocenters. The number of para-hydroxylation sites is 1. The summed E-state index contributed by atoms with van der Waals surface area (Å²) in [6.07, 6.45) is 0.544. The zero-order valence-corrected chi connectivity index (χ0v) is 23.9. The molecule has 0 aliphatic heterocycles. The predicted molar refractivity (Wildman–Crippen MR) is 159 cm³/mol. The van der Waals surface area contributed by atoms with Crippen LogP contribution in [0.2, 0.25) is 5.02 Å². The molecule has 0 aliphatic carbocycles. The van der Waals surface area contributed by atoms with E-state index in [0.29, 0.717) is 24.5 Å². The second-order valence-corrected chi connectivity index (χ2v) is 10.9. The van der Waals surface area contributed by atoms with Crippen LogP contribution in [0.15, 0.2) is 95.9 Å². The Kier molecular flexibility index (Phi) is 9.49. The Bertz CT molecular complexity index is 1660. The molecule has 212 valence electrons. The highest BCUT2D eigenvalue weighted by atomic mass is 35.5. The number of anilines is 2. The van der Waals surface area contributed by atoms with E-state index in [1.165, 1.54) is 30.3 Å². The van der Waals surface area contributed by atoms with Crippen LogP contribution in [0.1, 0.15) is 26.3 Å². The van der Waals surface area contributed by atoms with Gasteiger partial charge in [-0.2, -0.15) is 0 Å². The molecule has 3 N–H and O–H groups in total. The number of amides is 2. The number of rotatable bonds is 11. The maximum Gasteiger partial charge on any atom is 0.261 e. The van der Waals surface area contributed by atoms with Crippen molar-refractivity contribution in [1.29, 1.82) is 0 Å². The van der Waals surface area contributed by atoms with Gasteiger partial charge in [0.2, 0.25) is 0 Å². The lowest BCUT2D eigenvalue weighted by atomic mass is 10.1. The number of ether oxygens (including phenoxy) is 2. The van der Waals surface area contributed by atoms with E-state index in [2.05, 4.69) is 15.4 Å². The first kappa shape index (κ1) is 29.4. The van der Waals surface area contributed by atoms with Crippen LogP contribution in [0.4, 0.5) is 11.4 Å². The molecule has 41 heavy (non-hydrogen) atoms. The summed E-state index contributed by atoms with van der Waals surface area (Å²) in [5.74, 6) is 0.224. The van der Waals surface area contributed by atoms with E-state index in [-0.39, 0.29) is 38.3 Å². The molecule has 4 aromatic rings. The number of carbonyl (C=O) groups excluding carboxylic acids is 2. The van der Waals surface area contributed by atoms with E-state index in [1.54, 1.807) is 62.8 Å². The molecule has 0 aromatic heterocycles. The minimum Gasteiger partial charge on any atom is -0.493 e. The van der Waals surface area contributed by atoms with Crippen LogP contribution >= 0.6 is 11.6 Å². The molecule has 0 bridgehead atoms. The molecule has 0 aliphatic rings. The lowest BCUT2D eigenvalue weighted by molar-refractivity contribution is 0.0955. The SMILES string of the molecule is COc1ccc(CCNC(=O)c2ccccc2NC(=O)c2cc(NS(=O)(=O)c3ccccc3)ccc2Cl)cc1OC. The third kappa shape index (κ3) is 7.36. The zero-order chi connectivity index (χ0) is 29.4. The van der Waals surface area contributed by atoms with Gasteiger partial charge in [0.15, 0.2) is 11.5 Å². The number of sulfonamides is 1. The first-order valence-electron chi connectivity index (χ1n) is 12.5. The van der Waals surface area contributed by atoms with Gasteiger partial charge < -0.3 is 20.1 Å². The maximum atomic E-state index is 13.2. The monoisotopic (exact) mass is 593 g/mol. The minimum absolute atomic E-state index is 0.0311. The number of carbonyl (C=O) groups is 2. The molecule has 0 saturated heterocycles. The number of hydrogen-bond acceptors (Lipinski definition) is 6. The van der Waals surface area contributed by atoms with Crippen LogP contribution in [0.5, 0.6) is 11.5 Å². The Hall–Kier alpha value is -4.54. The van der Waals surface area contributed by atoms with Gasteiger partial charge in [0.05, 0.1) is 41.0 Å². The molecule has 0 fully saturated rings. The highest BCUT2D eigenvalue weighted by Gasteiger charge is 2.19. The van der Waals surface area contributed by atoms with Crippen LogP contribution in [0, 0.1) is 0 Å². The summed E-state index contributed by atoms with van der Waals surface area (Å²) in [6.45, 7) is 0.339. The van der Waals surface area contributed by atoms with Crippen molar-refractivity contribution in [2.45, 2.75) is 11.3 Å². The van der Waals surface area contributed by atoms with Gasteiger partial charge in [-0.25, -0.2) is 8.42 Å². The Labute approximate surface area is 243 Å². The fourth-order valence-electron chi connectivity index (χ4n) is 4.01. The molecule has 4 aromatic carbocycles. The van der Waals surface area contributed by atoms with Crippen molar-refractivity contribution >= 4 is 44.8 Å². The molecule has 0 radical (unpaired) electrons. The van der Waals surface area contributed by atoms with Crippen molar-refractivity contribution in [1.82, 2.24) is 5.32 Å². The van der Waals surface area contributed by atoms with Gasteiger partial charge in [-0.15, -0.1) is 0 Å². The summed E-state index contributed by atoms with van der Waals surface area (Å²) < 4.78 is 38.5. The van der Waals surface area contributed by atoms with Gasteiger partial charge in [-0.1, -0.05) is 48.0 Å². The lowest BCUT2D eigenvalue weighted by Gasteiger charge is -2.14. The van der Waals surface area contributed by atoms with Crippen molar-refractivity contribution in [3.8, 4) is 11.5 Å². The van der Waals surface area contributed by atoms with Crippen LogP contribution in [-0.4, -0.2) is 41.0 Å². The average molecular weight is 594 g/mol. The smallest absolute Gasteiger partial charge is 0.261 e. The van der Waals surface area contributed by atoms with Gasteiger partial charge in [0.1, 0.15) is 0 Å². The van der Waals surface area contributed by atoms with E-state index >= 15 is 0 Å². The molecule has 0 heterocycles. The largest absolute Gasteiger partial charge is 0.493 e. The van der Waals surface area contributed by atoms with Gasteiger partial charge >= 0.3 is 0 Å². The van der Waals surface area contributed by atoms with Crippen molar-refractivity contribution in [3.05, 3.63) is 113 Å². The molecule has 9 nitrogen and oxygen atoms in total. The number of benzene rings is 4. The van der Waals surface area contributed by atoms with Crippen molar-refractivity contribution in [3.63, 3.8) is 0 Å². The number of hydrogen-bond donors (Lipinski definition) is 3. The van der Waals surface area contributed by atoms with E-state index in [1.807, 2.05) is 12.1 Å². The maximum absolute atomic E-state index is 13.2. The van der Waals surface area contributed by atoms with E-state index in [4.69, 9.17) is 21.1 Å². The van der Waals surface area contributed by atoms with E-state index < -0.39 is 15.9 Å². The predicted octanol–water partition coefficient (Wildman–Crippen LogP) is 5.38. The van der Waals surface area contributed by atoms with Crippen molar-refractivity contribution < 1.29 is 27.5 Å². The first-order chi connectivity index (χ1) is 19.7. The summed E-state index contributed by atoms with van der Waals surface area (Å²) in [5.41, 5.74) is 1.66. The van der Waals surface area contributed by atoms with Crippen molar-refractivity contribution in [2.75, 3.05) is 30.8 Å². The third-order valence-corrected chi connectivity index (χ3v) is 7.81. The summed E-state index contributed by atoms with van der Waals surface area (Å²) in [5, 5.41) is 5.69. The summed E-state index contributed by atoms with van der Waals surface area (Å²) in [6, 6.07) is 24.2. The second kappa shape index (κ2) is 13.2. The fraction of sp³-hybridized carbons (Fsp3) is 0.133. The molecule has 11 heteroatoms. The summed E-state index contributed by atoms with van der Waals surface area (Å²) in [4.78, 5) is 26.3. The van der Waals surface area contributed by atoms with Gasteiger partial charge in [0, 0.05) is 12.2 Å². The lowest BCUT2D eigenvalue weighted by Crippen LogP contribution is -2.27. The van der Waals surface area contributed by atoms with Crippen LogP contribution in [-0.2, 0) is 16.4 Å². The number of methoxy groups -OCH3 is 2. The topological polar surface area (TPSA) is 123 Å². The Morgan fingerprint density at radius 3 is 2.22 bits per heavy atom. The minimum atomic E-state index is -3.87. The molecule has 0 saturated carbocycles. The van der Waals surface area contributed by atoms with Crippen molar-refractivity contribution in [2.24, 2.45) is 0 Å². The average Bonchev–Trinajstić information content (AvgIpc) is 2.98. The Morgan fingerprint density at radius 2 is 1.49 bits per heavy atom. The van der Waals surface area contributed by atoms with E-state index in [0.717, 1.165) is 5.56 Å².